The van der Waals surface area contributed by atoms with Crippen molar-refractivity contribution >= 4 is 64.6 Å². The Bertz CT molecular complexity index is 3000. The van der Waals surface area contributed by atoms with E-state index in [0.29, 0.717) is 167 Å². The molecule has 7 rings (SSSR count). The summed E-state index contributed by atoms with van der Waals surface area (Å²) in [5, 5.41) is 42.5. The Morgan fingerprint density at radius 2 is 1.10 bits per heavy atom. The van der Waals surface area contributed by atoms with Crippen molar-refractivity contribution in [1.29, 1.82) is 0 Å². The second-order valence-electron chi connectivity index (χ2n) is 22.1. The number of anilines is 1. The molecule has 3 aliphatic rings. The van der Waals surface area contributed by atoms with Gasteiger partial charge >= 0.3 is 23.9 Å². The standard InChI is InChI=1S/C61H84Cl2N10O18/c1-61(2)42-90-20-17-72(61)59(81)57-50-41-91-52-36-51(83-3)48(35-49(52)58(50)73(67-57)47-33-44(62)32-45(63)34-47)43-5-4-6-46(31-43)66-60(82)65-8-19-85-22-24-87-26-28-89-30-29-88-27-25-86-23-21-84-18-7-64-53(74)37-68-9-11-69(38-54(75)76)13-15-71(40-56(79)80)16-14-70(12-10-68)39-55(77)78/h4-6,31-36H,7-30,37-42H2,1-3H3,(H,64,74)(H,75,76)(H,77,78)(H,79,80)(H2,65,66,82). The third kappa shape index (κ3) is 23.4. The number of carboxylic acid groups (broad SMARTS) is 3. The molecule has 0 atom stereocenters. The van der Waals surface area contributed by atoms with Crippen LogP contribution in [0.5, 0.6) is 11.5 Å². The number of hydrogen-bond acceptors (Lipinski definition) is 20. The summed E-state index contributed by atoms with van der Waals surface area (Å²) in [5.74, 6) is -2.54. The summed E-state index contributed by atoms with van der Waals surface area (Å²) in [7, 11) is 1.57. The zero-order valence-electron chi connectivity index (χ0n) is 51.8. The van der Waals surface area contributed by atoms with E-state index in [1.165, 1.54) is 0 Å². The first-order valence-corrected chi connectivity index (χ1v) is 30.9. The number of fused-ring (bicyclic) bond motifs is 3. The minimum absolute atomic E-state index is 0.0122. The quantitative estimate of drug-likeness (QED) is 0.0365. The van der Waals surface area contributed by atoms with Crippen molar-refractivity contribution in [3.05, 3.63) is 75.9 Å². The number of morpholine rings is 1. The number of halogens is 2. The Morgan fingerprint density at radius 3 is 1.59 bits per heavy atom. The molecule has 4 aromatic rings. The first-order valence-electron chi connectivity index (χ1n) is 30.1. The first-order chi connectivity index (χ1) is 43.9. The number of benzene rings is 3. The molecule has 2 fully saturated rings. The van der Waals surface area contributed by atoms with Gasteiger partial charge in [-0.05, 0) is 55.8 Å². The smallest absolute Gasteiger partial charge is 0.319 e. The number of hydrogen-bond donors (Lipinski definition) is 6. The van der Waals surface area contributed by atoms with Crippen molar-refractivity contribution in [2.24, 2.45) is 0 Å². The molecule has 0 saturated carbocycles. The van der Waals surface area contributed by atoms with E-state index in [9.17, 15) is 44.1 Å². The molecule has 91 heavy (non-hydrogen) atoms. The number of carbonyl (C=O) groups excluding carboxylic acids is 3. The summed E-state index contributed by atoms with van der Waals surface area (Å²) in [6.07, 6.45) is 0. The van der Waals surface area contributed by atoms with Crippen LogP contribution in [0.15, 0.2) is 54.6 Å². The highest BCUT2D eigenvalue weighted by atomic mass is 35.5. The molecule has 30 heteroatoms. The summed E-state index contributed by atoms with van der Waals surface area (Å²) in [6.45, 7) is 11.4. The van der Waals surface area contributed by atoms with Gasteiger partial charge in [0, 0.05) is 110 Å². The minimum Gasteiger partial charge on any atom is -0.496 e. The van der Waals surface area contributed by atoms with Gasteiger partial charge in [0.2, 0.25) is 5.91 Å². The largest absolute Gasteiger partial charge is 0.496 e. The summed E-state index contributed by atoms with van der Waals surface area (Å²) < 4.78 is 53.1. The zero-order chi connectivity index (χ0) is 65.1. The van der Waals surface area contributed by atoms with Crippen LogP contribution in [-0.4, -0.2) is 289 Å². The van der Waals surface area contributed by atoms with Gasteiger partial charge in [-0.25, -0.2) is 9.48 Å². The first kappa shape index (κ1) is 71.7. The Morgan fingerprint density at radius 1 is 0.604 bits per heavy atom. The topological polar surface area (TPSA) is 316 Å². The molecule has 2 saturated heterocycles. The Kier molecular flexibility index (Phi) is 29.2. The number of aliphatic carboxylic acids is 3. The van der Waals surface area contributed by atoms with E-state index in [0.717, 1.165) is 5.56 Å². The van der Waals surface area contributed by atoms with Gasteiger partial charge < -0.3 is 78.8 Å². The molecular weight excluding hydrogens is 1230 g/mol. The number of carbonyl (C=O) groups is 6. The van der Waals surface area contributed by atoms with Crippen LogP contribution in [0, 0.1) is 0 Å². The van der Waals surface area contributed by atoms with Gasteiger partial charge in [0.15, 0.2) is 5.69 Å². The fraction of sp³-hybridized carbons (Fsp3) is 0.557. The van der Waals surface area contributed by atoms with Crippen LogP contribution in [0.1, 0.15) is 29.9 Å². The normalized spacial score (nSPS) is 15.9. The van der Waals surface area contributed by atoms with E-state index in [1.807, 2.05) is 43.0 Å². The number of methoxy groups -OCH3 is 1. The van der Waals surface area contributed by atoms with Gasteiger partial charge in [-0.1, -0.05) is 35.3 Å². The number of nitrogens with zero attached hydrogens (tertiary/aromatic N) is 7. The lowest BCUT2D eigenvalue weighted by Gasteiger charge is -2.41. The van der Waals surface area contributed by atoms with E-state index >= 15 is 0 Å². The number of urea groups is 1. The highest BCUT2D eigenvalue weighted by Crippen LogP contribution is 2.47. The molecule has 4 heterocycles. The Balaban J connectivity index is 0.722. The second-order valence-corrected chi connectivity index (χ2v) is 23.0. The fourth-order valence-electron chi connectivity index (χ4n) is 10.3. The lowest BCUT2D eigenvalue weighted by Crippen LogP contribution is -2.55. The van der Waals surface area contributed by atoms with E-state index in [4.69, 9.17) is 70.9 Å². The summed E-state index contributed by atoms with van der Waals surface area (Å²) in [6, 6.07) is 15.7. The molecule has 0 radical (unpaired) electrons. The van der Waals surface area contributed by atoms with E-state index in [1.54, 1.807) is 61.7 Å². The third-order valence-corrected chi connectivity index (χ3v) is 15.3. The summed E-state index contributed by atoms with van der Waals surface area (Å²) in [5.41, 5.74) is 4.09. The highest BCUT2D eigenvalue weighted by Gasteiger charge is 2.39. The van der Waals surface area contributed by atoms with Crippen LogP contribution in [0.3, 0.4) is 0 Å². The van der Waals surface area contributed by atoms with Crippen molar-refractivity contribution in [1.82, 2.24) is 44.9 Å². The number of rotatable bonds is 34. The van der Waals surface area contributed by atoms with Crippen LogP contribution in [-0.2, 0) is 58.9 Å². The van der Waals surface area contributed by atoms with Crippen LogP contribution in [0.25, 0.3) is 28.1 Å². The van der Waals surface area contributed by atoms with E-state index in [2.05, 4.69) is 16.0 Å². The van der Waals surface area contributed by atoms with Gasteiger partial charge in [0.1, 0.15) is 18.1 Å². The average molecular weight is 1320 g/mol. The van der Waals surface area contributed by atoms with Crippen LogP contribution < -0.4 is 25.4 Å². The number of carboxylic acids is 3. The lowest BCUT2D eigenvalue weighted by molar-refractivity contribution is -0.140. The monoisotopic (exact) mass is 1310 g/mol. The molecule has 0 spiro atoms. The number of nitrogens with one attached hydrogen (secondary N) is 3. The van der Waals surface area contributed by atoms with Crippen molar-refractivity contribution in [3.8, 4) is 39.6 Å². The molecule has 28 nitrogen and oxygen atoms in total. The van der Waals surface area contributed by atoms with Gasteiger partial charge in [0.25, 0.3) is 5.91 Å². The average Bonchev–Trinajstić information content (AvgIpc) is 1.62. The third-order valence-electron chi connectivity index (χ3n) is 14.9. The van der Waals surface area contributed by atoms with Gasteiger partial charge in [-0.2, -0.15) is 5.10 Å². The van der Waals surface area contributed by atoms with Gasteiger partial charge in [0.05, 0.1) is 143 Å². The summed E-state index contributed by atoms with van der Waals surface area (Å²) >= 11 is 13.0. The van der Waals surface area contributed by atoms with Crippen molar-refractivity contribution < 1.29 is 86.7 Å². The molecular formula is C61H84Cl2N10O18. The fourth-order valence-corrected chi connectivity index (χ4v) is 10.9. The molecule has 6 N–H and O–H groups in total. The predicted molar refractivity (Wildman–Crippen MR) is 335 cm³/mol. The number of amides is 4. The van der Waals surface area contributed by atoms with Crippen LogP contribution >= 0.6 is 23.2 Å². The van der Waals surface area contributed by atoms with Gasteiger partial charge in [-0.15, -0.1) is 0 Å². The van der Waals surface area contributed by atoms with E-state index < -0.39 is 29.5 Å². The molecule has 4 amide bonds. The Labute approximate surface area is 538 Å². The van der Waals surface area contributed by atoms with Crippen molar-refractivity contribution in [3.63, 3.8) is 0 Å². The predicted octanol–water partition coefficient (Wildman–Crippen LogP) is 3.48. The maximum absolute atomic E-state index is 14.4. The van der Waals surface area contributed by atoms with Crippen molar-refractivity contribution in [2.75, 3.05) is 203 Å². The lowest BCUT2D eigenvalue weighted by atomic mass is 9.95. The molecule has 3 aromatic carbocycles. The minimum atomic E-state index is -1.03. The summed E-state index contributed by atoms with van der Waals surface area (Å²) in [4.78, 5) is 83.5. The van der Waals surface area contributed by atoms with E-state index in [-0.39, 0.29) is 103 Å². The molecule has 500 valence electrons. The second kappa shape index (κ2) is 37.1. The molecule has 0 bridgehead atoms. The molecule has 0 aliphatic carbocycles. The van der Waals surface area contributed by atoms with Crippen LogP contribution in [0.4, 0.5) is 10.5 Å². The zero-order valence-corrected chi connectivity index (χ0v) is 53.3. The van der Waals surface area contributed by atoms with Gasteiger partial charge in [-0.3, -0.25) is 43.6 Å². The maximum Gasteiger partial charge on any atom is 0.319 e. The Hall–Kier alpha value is -6.77. The van der Waals surface area contributed by atoms with Crippen molar-refractivity contribution in [2.45, 2.75) is 26.0 Å². The molecule has 3 aliphatic heterocycles. The highest BCUT2D eigenvalue weighted by molar-refractivity contribution is 6.34. The van der Waals surface area contributed by atoms with Crippen LogP contribution in [0.2, 0.25) is 10.0 Å². The number of ether oxygens (including phenoxy) is 9. The molecule has 0 unspecified atom stereocenters. The maximum atomic E-state index is 14.4. The SMILES string of the molecule is COc1cc2c(cc1-c1cccc(NC(=O)NCCOCCOCCOCCOCCOCCOCCNC(=O)CN3CCN(CC(=O)O)CCN(CC(=O)O)CCN(CC(=O)O)CC3)c1)-c1c(c(C(=O)N3CCOCC3(C)C)nn1-c1cc(Cl)cc(Cl)c1)CO2. The number of aromatic nitrogens is 2. The molecule has 1 aromatic heterocycles.